The summed E-state index contributed by atoms with van der Waals surface area (Å²) >= 11 is 0.880. The Kier molecular flexibility index (Phi) is 9.70. The summed E-state index contributed by atoms with van der Waals surface area (Å²) in [5.74, 6) is -0.116. The van der Waals surface area contributed by atoms with Gasteiger partial charge in [-0.1, -0.05) is 12.1 Å². The van der Waals surface area contributed by atoms with Crippen LogP contribution in [0, 0.1) is 34.6 Å². The van der Waals surface area contributed by atoms with Crippen molar-refractivity contribution < 1.29 is 26.9 Å². The average Bonchev–Trinajstić information content (AvgIpc) is 3.45. The normalized spacial score (nSPS) is 14.3. The van der Waals surface area contributed by atoms with E-state index < -0.39 is 47.3 Å². The monoisotopic (exact) mass is 688 g/mol. The molecule has 1 aliphatic heterocycles. The number of sulfone groups is 1. The quantitative estimate of drug-likeness (QED) is 0.103. The van der Waals surface area contributed by atoms with Crippen LogP contribution in [-0.2, 0) is 14.6 Å². The highest BCUT2D eigenvalue weighted by atomic mass is 32.2. The van der Waals surface area contributed by atoms with E-state index in [-0.39, 0.29) is 10.1 Å². The number of hydrogen-bond donors (Lipinski definition) is 3. The number of anilines is 3. The smallest absolute Gasteiger partial charge is 0.305 e. The molecule has 0 aliphatic carbocycles. The summed E-state index contributed by atoms with van der Waals surface area (Å²) in [6, 6.07) is 8.39. The number of nitro groups is 1. The minimum absolute atomic E-state index is 0.0304. The summed E-state index contributed by atoms with van der Waals surface area (Å²) in [7, 11) is -2.94. The molecule has 1 aliphatic rings. The number of rotatable bonds is 11. The summed E-state index contributed by atoms with van der Waals surface area (Å²) < 4.78 is 61.8. The first kappa shape index (κ1) is 34.0. The van der Waals surface area contributed by atoms with Crippen molar-refractivity contribution in [2.45, 2.75) is 53.3 Å². The number of halogens is 2. The molecule has 0 radical (unpaired) electrons. The Morgan fingerprint density at radius 3 is 2.51 bits per heavy atom. The number of methoxy groups -OCH3 is 1. The molecule has 1 saturated heterocycles. The van der Waals surface area contributed by atoms with Crippen LogP contribution in [0.3, 0.4) is 0 Å². The molecule has 0 atom stereocenters. The number of aromatic nitrogens is 4. The Labute approximate surface area is 274 Å². The van der Waals surface area contributed by atoms with Gasteiger partial charge in [-0.2, -0.15) is 9.49 Å². The van der Waals surface area contributed by atoms with E-state index in [4.69, 9.17) is 15.5 Å². The third-order valence-electron chi connectivity index (χ3n) is 8.14. The number of ether oxygens (including phenoxy) is 1. The van der Waals surface area contributed by atoms with Gasteiger partial charge in [0.1, 0.15) is 5.82 Å². The van der Waals surface area contributed by atoms with Gasteiger partial charge >= 0.3 is 5.69 Å². The molecule has 2 aromatic heterocycles. The molecule has 1 fully saturated rings. The van der Waals surface area contributed by atoms with E-state index in [9.17, 15) is 18.5 Å². The summed E-state index contributed by atoms with van der Waals surface area (Å²) in [5, 5.41) is 21.6. The number of nitrogens with one attached hydrogen (secondary N) is 2. The second-order valence-corrected chi connectivity index (χ2v) is 15.1. The molecule has 0 saturated carbocycles. The van der Waals surface area contributed by atoms with Crippen molar-refractivity contribution in [3.63, 3.8) is 0 Å². The molecule has 4 aromatic rings. The average molecular weight is 689 g/mol. The highest BCUT2D eigenvalue weighted by molar-refractivity contribution is 7.99. The van der Waals surface area contributed by atoms with E-state index in [1.165, 1.54) is 39.2 Å². The molecule has 4 N–H and O–H groups in total. The van der Waals surface area contributed by atoms with Gasteiger partial charge in [0, 0.05) is 36.5 Å². The van der Waals surface area contributed by atoms with Crippen molar-refractivity contribution in [1.82, 2.24) is 20.2 Å². The molecule has 13 nitrogen and oxygen atoms in total. The van der Waals surface area contributed by atoms with Crippen LogP contribution in [0.4, 0.5) is 31.9 Å². The van der Waals surface area contributed by atoms with Crippen molar-refractivity contribution in [3.8, 4) is 5.75 Å². The second-order valence-electron chi connectivity index (χ2n) is 11.5. The molecule has 0 unspecified atom stereocenters. The van der Waals surface area contributed by atoms with Gasteiger partial charge < -0.3 is 20.7 Å². The predicted octanol–water partition coefficient (Wildman–Crippen LogP) is 5.48. The number of hydrogen-bond acceptors (Lipinski definition) is 12. The second kappa shape index (κ2) is 13.4. The Morgan fingerprint density at radius 2 is 1.91 bits per heavy atom. The fourth-order valence-electron chi connectivity index (χ4n) is 5.33. The first-order chi connectivity index (χ1) is 22.3. The third-order valence-corrected chi connectivity index (χ3v) is 11.5. The van der Waals surface area contributed by atoms with Crippen LogP contribution >= 0.6 is 11.8 Å². The number of nitro benzene ring substituents is 1. The molecular weight excluding hydrogens is 655 g/mol. The number of aryl methyl sites for hydroxylation is 1. The van der Waals surface area contributed by atoms with Gasteiger partial charge in [0.05, 0.1) is 26.6 Å². The van der Waals surface area contributed by atoms with Crippen LogP contribution < -0.4 is 20.7 Å². The molecular formula is C30H34F2N8O5S2. The number of aromatic amines is 1. The summed E-state index contributed by atoms with van der Waals surface area (Å²) in [4.78, 5) is 21.3. The Bertz CT molecular complexity index is 1910. The minimum atomic E-state index is -4.44. The zero-order valence-corrected chi connectivity index (χ0v) is 27.7. The molecule has 250 valence electrons. The maximum Gasteiger partial charge on any atom is 0.305 e. The van der Waals surface area contributed by atoms with Crippen molar-refractivity contribution in [2.75, 3.05) is 37.0 Å². The standard InChI is InChI=1S/C30H34F2N8O5S2/c1-17-14-24(38-37-17)34-27-26(45-4)28(39-12-10-18(16-33)11-13-39)36-29(35-27)46-23-9-8-19(15-21(23)31)47(43,44)30(2,3)20-6-5-7-22(25(20)32)40(41)42/h5-9,14-15,18H,10-13,16,33H2,1-4H3,(H2,34,35,36,37,38). The van der Waals surface area contributed by atoms with E-state index in [1.807, 2.05) is 6.92 Å². The van der Waals surface area contributed by atoms with E-state index in [0.717, 1.165) is 48.5 Å². The number of benzene rings is 2. The van der Waals surface area contributed by atoms with Gasteiger partial charge in [0.2, 0.25) is 11.6 Å². The molecule has 2 aromatic carbocycles. The first-order valence-electron chi connectivity index (χ1n) is 14.6. The van der Waals surface area contributed by atoms with Crippen LogP contribution in [0.5, 0.6) is 5.75 Å². The van der Waals surface area contributed by atoms with Crippen molar-refractivity contribution in [3.05, 3.63) is 75.5 Å². The lowest BCUT2D eigenvalue weighted by molar-refractivity contribution is -0.387. The molecule has 3 heterocycles. The van der Waals surface area contributed by atoms with Crippen LogP contribution in [0.1, 0.15) is 37.9 Å². The van der Waals surface area contributed by atoms with Gasteiger partial charge in [-0.25, -0.2) is 22.8 Å². The van der Waals surface area contributed by atoms with Crippen LogP contribution in [0.25, 0.3) is 0 Å². The maximum absolute atomic E-state index is 15.7. The zero-order valence-electron chi connectivity index (χ0n) is 26.1. The zero-order chi connectivity index (χ0) is 34.1. The highest BCUT2D eigenvalue weighted by Crippen LogP contribution is 2.42. The summed E-state index contributed by atoms with van der Waals surface area (Å²) in [6.45, 7) is 6.19. The van der Waals surface area contributed by atoms with E-state index >= 15 is 8.78 Å². The van der Waals surface area contributed by atoms with Crippen LogP contribution in [0.15, 0.2) is 57.4 Å². The fourth-order valence-corrected chi connectivity index (χ4v) is 7.63. The maximum atomic E-state index is 15.7. The number of piperidine rings is 1. The third kappa shape index (κ3) is 6.73. The van der Waals surface area contributed by atoms with Gasteiger partial charge in [-0.15, -0.1) is 0 Å². The Morgan fingerprint density at radius 1 is 1.19 bits per heavy atom. The first-order valence-corrected chi connectivity index (χ1v) is 16.9. The lowest BCUT2D eigenvalue weighted by Crippen LogP contribution is -2.37. The number of H-pyrrole nitrogens is 1. The van der Waals surface area contributed by atoms with E-state index in [2.05, 4.69) is 25.4 Å². The lowest BCUT2D eigenvalue weighted by Gasteiger charge is -2.33. The number of nitrogens with zero attached hydrogens (tertiary/aromatic N) is 5. The van der Waals surface area contributed by atoms with E-state index in [0.29, 0.717) is 48.8 Å². The lowest BCUT2D eigenvalue weighted by atomic mass is 9.97. The van der Waals surface area contributed by atoms with Gasteiger partial charge in [0.15, 0.2) is 32.4 Å². The molecule has 0 bridgehead atoms. The van der Waals surface area contributed by atoms with Crippen LogP contribution in [0.2, 0.25) is 0 Å². The topological polar surface area (TPSA) is 182 Å². The van der Waals surface area contributed by atoms with Crippen LogP contribution in [-0.4, -0.2) is 60.3 Å². The minimum Gasteiger partial charge on any atom is -0.490 e. The molecule has 0 spiro atoms. The highest BCUT2D eigenvalue weighted by Gasteiger charge is 2.41. The van der Waals surface area contributed by atoms with Crippen molar-refractivity contribution in [1.29, 1.82) is 0 Å². The largest absolute Gasteiger partial charge is 0.490 e. The Balaban J connectivity index is 1.50. The molecule has 17 heteroatoms. The fraction of sp³-hybridized carbons (Fsp3) is 0.367. The van der Waals surface area contributed by atoms with Crippen molar-refractivity contribution in [2.24, 2.45) is 11.7 Å². The summed E-state index contributed by atoms with van der Waals surface area (Å²) in [5.41, 5.74) is 5.43. The van der Waals surface area contributed by atoms with E-state index in [1.54, 1.807) is 6.07 Å². The Hall–Kier alpha value is -4.35. The summed E-state index contributed by atoms with van der Waals surface area (Å²) in [6.07, 6.45) is 1.71. The molecule has 0 amide bonds. The number of nitrogens with two attached hydrogens (primary N) is 1. The molecule has 47 heavy (non-hydrogen) atoms. The van der Waals surface area contributed by atoms with Gasteiger partial charge in [-0.05, 0) is 76.0 Å². The van der Waals surface area contributed by atoms with Gasteiger partial charge in [-0.3, -0.25) is 15.2 Å². The SMILES string of the molecule is COc1c(Nc2cc(C)[nH]n2)nc(Sc2ccc(S(=O)(=O)C(C)(C)c3cccc([N+](=O)[O-])c3F)cc2F)nc1N1CCC(CN)CC1. The van der Waals surface area contributed by atoms with Gasteiger partial charge in [0.25, 0.3) is 0 Å². The predicted molar refractivity (Wildman–Crippen MR) is 173 cm³/mol. The van der Waals surface area contributed by atoms with Crippen molar-refractivity contribution >= 4 is 44.7 Å². The molecule has 5 rings (SSSR count).